The standard InChI is InChI=1S/C12H18N2/c13-12-7-2-1-6-11(12)9-14-8-10-4-3-5-10/h1-2,6-7,10,14H,3-5,8-9,13H2. The summed E-state index contributed by atoms with van der Waals surface area (Å²) < 4.78 is 0. The second-order valence-corrected chi connectivity index (χ2v) is 4.13. The summed E-state index contributed by atoms with van der Waals surface area (Å²) in [6.07, 6.45) is 4.22. The Hall–Kier alpha value is -1.02. The third-order valence-electron chi connectivity index (χ3n) is 3.03. The van der Waals surface area contributed by atoms with Crippen LogP contribution in [0, 0.1) is 5.92 Å². The molecule has 1 saturated carbocycles. The second-order valence-electron chi connectivity index (χ2n) is 4.13. The fourth-order valence-electron chi connectivity index (χ4n) is 1.80. The molecule has 0 bridgehead atoms. The van der Waals surface area contributed by atoms with E-state index in [-0.39, 0.29) is 0 Å². The summed E-state index contributed by atoms with van der Waals surface area (Å²) in [6, 6.07) is 8.06. The molecule has 0 atom stereocenters. The summed E-state index contributed by atoms with van der Waals surface area (Å²) in [6.45, 7) is 2.05. The van der Waals surface area contributed by atoms with E-state index in [1.807, 2.05) is 18.2 Å². The van der Waals surface area contributed by atoms with Crippen LogP contribution < -0.4 is 11.1 Å². The second kappa shape index (κ2) is 4.47. The molecule has 3 N–H and O–H groups in total. The molecule has 1 fully saturated rings. The van der Waals surface area contributed by atoms with Gasteiger partial charge >= 0.3 is 0 Å². The molecular formula is C12H18N2. The van der Waals surface area contributed by atoms with Crippen molar-refractivity contribution in [1.29, 1.82) is 0 Å². The molecule has 76 valence electrons. The van der Waals surface area contributed by atoms with Crippen LogP contribution in [0.1, 0.15) is 24.8 Å². The number of benzene rings is 1. The highest BCUT2D eigenvalue weighted by molar-refractivity contribution is 5.46. The summed E-state index contributed by atoms with van der Waals surface area (Å²) in [4.78, 5) is 0. The predicted molar refractivity (Wildman–Crippen MR) is 59.9 cm³/mol. The van der Waals surface area contributed by atoms with E-state index in [4.69, 9.17) is 5.73 Å². The Morgan fingerprint density at radius 2 is 2.07 bits per heavy atom. The molecule has 0 aromatic heterocycles. The van der Waals surface area contributed by atoms with Gasteiger partial charge in [-0.2, -0.15) is 0 Å². The highest BCUT2D eigenvalue weighted by atomic mass is 14.9. The van der Waals surface area contributed by atoms with E-state index in [2.05, 4.69) is 11.4 Å². The number of anilines is 1. The van der Waals surface area contributed by atoms with Crippen LogP contribution in [0.4, 0.5) is 5.69 Å². The van der Waals surface area contributed by atoms with Gasteiger partial charge in [0.25, 0.3) is 0 Å². The van der Waals surface area contributed by atoms with Crippen molar-refractivity contribution in [1.82, 2.24) is 5.32 Å². The Balaban J connectivity index is 1.76. The van der Waals surface area contributed by atoms with Crippen molar-refractivity contribution in [2.45, 2.75) is 25.8 Å². The number of nitrogens with one attached hydrogen (secondary N) is 1. The lowest BCUT2D eigenvalue weighted by Crippen LogP contribution is -2.27. The van der Waals surface area contributed by atoms with Gasteiger partial charge < -0.3 is 11.1 Å². The van der Waals surface area contributed by atoms with Gasteiger partial charge in [-0.15, -0.1) is 0 Å². The smallest absolute Gasteiger partial charge is 0.0359 e. The Morgan fingerprint density at radius 1 is 1.29 bits per heavy atom. The minimum atomic E-state index is 0.897. The first-order chi connectivity index (χ1) is 6.86. The van der Waals surface area contributed by atoms with Gasteiger partial charge in [0.15, 0.2) is 0 Å². The molecule has 2 heteroatoms. The van der Waals surface area contributed by atoms with E-state index in [9.17, 15) is 0 Å². The highest BCUT2D eigenvalue weighted by Crippen LogP contribution is 2.25. The molecule has 0 spiro atoms. The summed E-state index contributed by atoms with van der Waals surface area (Å²) >= 11 is 0. The molecule has 0 saturated heterocycles. The summed E-state index contributed by atoms with van der Waals surface area (Å²) in [5.74, 6) is 0.917. The van der Waals surface area contributed by atoms with Crippen molar-refractivity contribution >= 4 is 5.69 Å². The number of rotatable bonds is 4. The van der Waals surface area contributed by atoms with Gasteiger partial charge in [-0.3, -0.25) is 0 Å². The van der Waals surface area contributed by atoms with Crippen LogP contribution in [0.5, 0.6) is 0 Å². The monoisotopic (exact) mass is 190 g/mol. The van der Waals surface area contributed by atoms with Crippen molar-refractivity contribution in [3.8, 4) is 0 Å². The molecule has 0 aliphatic heterocycles. The van der Waals surface area contributed by atoms with Crippen molar-refractivity contribution in [2.24, 2.45) is 5.92 Å². The maximum Gasteiger partial charge on any atom is 0.0359 e. The van der Waals surface area contributed by atoms with E-state index >= 15 is 0 Å². The normalized spacial score (nSPS) is 16.6. The highest BCUT2D eigenvalue weighted by Gasteiger charge is 2.16. The first-order valence-corrected chi connectivity index (χ1v) is 5.40. The number of nitrogens with two attached hydrogens (primary N) is 1. The van der Waals surface area contributed by atoms with Crippen molar-refractivity contribution in [3.05, 3.63) is 29.8 Å². The van der Waals surface area contributed by atoms with Crippen LogP contribution >= 0.6 is 0 Å². The third-order valence-corrected chi connectivity index (χ3v) is 3.03. The molecule has 1 aliphatic rings. The minimum Gasteiger partial charge on any atom is -0.398 e. The number of para-hydroxylation sites is 1. The zero-order chi connectivity index (χ0) is 9.80. The fraction of sp³-hybridized carbons (Fsp3) is 0.500. The number of hydrogen-bond acceptors (Lipinski definition) is 2. The van der Waals surface area contributed by atoms with E-state index in [0.717, 1.165) is 24.7 Å². The Morgan fingerprint density at radius 3 is 2.71 bits per heavy atom. The number of hydrogen-bond donors (Lipinski definition) is 2. The van der Waals surface area contributed by atoms with Gasteiger partial charge in [-0.05, 0) is 36.9 Å². The molecule has 0 radical (unpaired) electrons. The van der Waals surface area contributed by atoms with Crippen molar-refractivity contribution in [2.75, 3.05) is 12.3 Å². The average molecular weight is 190 g/mol. The number of nitrogen functional groups attached to an aromatic ring is 1. The first kappa shape index (κ1) is 9.53. The Labute approximate surface area is 85.5 Å². The lowest BCUT2D eigenvalue weighted by Gasteiger charge is -2.25. The van der Waals surface area contributed by atoms with E-state index in [1.165, 1.54) is 24.8 Å². The van der Waals surface area contributed by atoms with Crippen LogP contribution in [0.25, 0.3) is 0 Å². The lowest BCUT2D eigenvalue weighted by molar-refractivity contribution is 0.301. The quantitative estimate of drug-likeness (QED) is 0.714. The SMILES string of the molecule is Nc1ccccc1CNCC1CCC1. The molecule has 0 amide bonds. The zero-order valence-corrected chi connectivity index (χ0v) is 8.50. The van der Waals surface area contributed by atoms with Crippen LogP contribution in [0.15, 0.2) is 24.3 Å². The Bertz CT molecular complexity index is 292. The van der Waals surface area contributed by atoms with Crippen LogP contribution in [0.3, 0.4) is 0 Å². The van der Waals surface area contributed by atoms with E-state index < -0.39 is 0 Å². The molecule has 2 rings (SSSR count). The molecule has 2 nitrogen and oxygen atoms in total. The zero-order valence-electron chi connectivity index (χ0n) is 8.50. The minimum absolute atomic E-state index is 0.897. The largest absolute Gasteiger partial charge is 0.398 e. The molecule has 14 heavy (non-hydrogen) atoms. The molecule has 1 aromatic rings. The first-order valence-electron chi connectivity index (χ1n) is 5.40. The summed E-state index contributed by atoms with van der Waals surface area (Å²) in [7, 11) is 0. The van der Waals surface area contributed by atoms with Gasteiger partial charge in [-0.25, -0.2) is 0 Å². The lowest BCUT2D eigenvalue weighted by atomic mass is 9.85. The predicted octanol–water partition coefficient (Wildman–Crippen LogP) is 2.16. The van der Waals surface area contributed by atoms with Gasteiger partial charge in [0.1, 0.15) is 0 Å². The average Bonchev–Trinajstić information content (AvgIpc) is 2.12. The van der Waals surface area contributed by atoms with Crippen LogP contribution in [-0.4, -0.2) is 6.54 Å². The Kier molecular flexibility index (Phi) is 3.04. The third kappa shape index (κ3) is 2.26. The molecule has 0 heterocycles. The molecule has 1 aliphatic carbocycles. The molecule has 1 aromatic carbocycles. The van der Waals surface area contributed by atoms with E-state index in [0.29, 0.717) is 0 Å². The maximum atomic E-state index is 5.84. The van der Waals surface area contributed by atoms with Crippen LogP contribution in [0.2, 0.25) is 0 Å². The maximum absolute atomic E-state index is 5.84. The van der Waals surface area contributed by atoms with Gasteiger partial charge in [-0.1, -0.05) is 24.6 Å². The summed E-state index contributed by atoms with van der Waals surface area (Å²) in [5, 5.41) is 3.46. The summed E-state index contributed by atoms with van der Waals surface area (Å²) in [5.41, 5.74) is 7.96. The van der Waals surface area contributed by atoms with Crippen LogP contribution in [-0.2, 0) is 6.54 Å². The van der Waals surface area contributed by atoms with Gasteiger partial charge in [0.05, 0.1) is 0 Å². The van der Waals surface area contributed by atoms with E-state index in [1.54, 1.807) is 0 Å². The molecular weight excluding hydrogens is 172 g/mol. The topological polar surface area (TPSA) is 38.0 Å². The van der Waals surface area contributed by atoms with Crippen molar-refractivity contribution < 1.29 is 0 Å². The van der Waals surface area contributed by atoms with Crippen molar-refractivity contribution in [3.63, 3.8) is 0 Å². The fourth-order valence-corrected chi connectivity index (χ4v) is 1.80. The van der Waals surface area contributed by atoms with Gasteiger partial charge in [0.2, 0.25) is 0 Å². The van der Waals surface area contributed by atoms with Gasteiger partial charge in [0, 0.05) is 12.2 Å². The molecule has 0 unspecified atom stereocenters.